The summed E-state index contributed by atoms with van der Waals surface area (Å²) >= 11 is 0. The Morgan fingerprint density at radius 3 is 2.75 bits per heavy atom. The van der Waals surface area contributed by atoms with E-state index >= 15 is 0 Å². The molecule has 2 aromatic carbocycles. The fourth-order valence-corrected chi connectivity index (χ4v) is 2.78. The van der Waals surface area contributed by atoms with Crippen LogP contribution in [0.2, 0.25) is 0 Å². The molecule has 0 saturated carbocycles. The molecule has 0 atom stereocenters. The number of carbonyl (C=O) groups excluding carboxylic acids is 1. The number of nitrogens with zero attached hydrogens (tertiary/aromatic N) is 1. The molecule has 0 unspecified atom stereocenters. The Morgan fingerprint density at radius 1 is 1.25 bits per heavy atom. The maximum Gasteiger partial charge on any atom is 0.250 e. The molecule has 6 nitrogen and oxygen atoms in total. The van der Waals surface area contributed by atoms with Gasteiger partial charge in [0.2, 0.25) is 0 Å². The van der Waals surface area contributed by atoms with Crippen molar-refractivity contribution in [3.05, 3.63) is 53.3 Å². The molecular weight excluding hydrogens is 313 g/mol. The van der Waals surface area contributed by atoms with Gasteiger partial charge in [-0.1, -0.05) is 12.1 Å². The fourth-order valence-electron chi connectivity index (χ4n) is 2.78. The Morgan fingerprint density at radius 2 is 2.04 bits per heavy atom. The van der Waals surface area contributed by atoms with E-state index in [-0.39, 0.29) is 0 Å². The number of para-hydroxylation sites is 1. The second-order valence-electron chi connectivity index (χ2n) is 5.46. The molecule has 0 aliphatic carbocycles. The number of rotatable bonds is 3. The first kappa shape index (κ1) is 14.8. The number of ether oxygens (including phenoxy) is 2. The molecule has 3 aromatic rings. The molecule has 0 spiro atoms. The van der Waals surface area contributed by atoms with Crippen LogP contribution in [0.3, 0.4) is 0 Å². The first-order valence-electron chi connectivity index (χ1n) is 7.45. The summed E-state index contributed by atoms with van der Waals surface area (Å²) in [6.07, 6.45) is -0.536. The molecule has 0 bridgehead atoms. The summed E-state index contributed by atoms with van der Waals surface area (Å²) in [4.78, 5) is 18.8. The fraction of sp³-hybridized carbons (Fsp3) is 0.176. The van der Waals surface area contributed by atoms with Gasteiger partial charge in [0.05, 0.1) is 29.9 Å². The Labute approximate surface area is 136 Å². The smallest absolute Gasteiger partial charge is 0.250 e. The predicted octanol–water partition coefficient (Wildman–Crippen LogP) is 2.51. The lowest BCUT2D eigenvalue weighted by atomic mass is 10.1. The number of benzene rings is 2. The van der Waals surface area contributed by atoms with E-state index in [0.29, 0.717) is 46.8 Å². The monoisotopic (exact) mass is 327 g/mol. The molecule has 122 valence electrons. The molecule has 1 fully saturated rings. The standard InChI is InChI=1S/C17H14FN3O3/c18-12-8-9(17-23-6-7-24-17)4-5-10(12)16-20-13-3-1-2-11(15(19)22)14(13)21-16/h1-5,8,17H,6-7H2,(H2,19,22)(H,20,21). The van der Waals surface area contributed by atoms with Crippen LogP contribution in [0.4, 0.5) is 4.39 Å². The lowest BCUT2D eigenvalue weighted by molar-refractivity contribution is -0.0442. The van der Waals surface area contributed by atoms with Crippen LogP contribution in [0.25, 0.3) is 22.4 Å². The second kappa shape index (κ2) is 5.70. The van der Waals surface area contributed by atoms with Crippen LogP contribution in [-0.4, -0.2) is 29.1 Å². The van der Waals surface area contributed by atoms with Gasteiger partial charge in [-0.15, -0.1) is 0 Å². The second-order valence-corrected chi connectivity index (χ2v) is 5.46. The van der Waals surface area contributed by atoms with E-state index in [0.717, 1.165) is 0 Å². The summed E-state index contributed by atoms with van der Waals surface area (Å²) in [5, 5.41) is 0. The van der Waals surface area contributed by atoms with Gasteiger partial charge in [0, 0.05) is 5.56 Å². The first-order chi connectivity index (χ1) is 11.6. The Balaban J connectivity index is 1.77. The van der Waals surface area contributed by atoms with Crippen molar-refractivity contribution in [2.75, 3.05) is 13.2 Å². The number of halogens is 1. The van der Waals surface area contributed by atoms with E-state index in [1.54, 1.807) is 30.3 Å². The number of nitrogens with two attached hydrogens (primary N) is 1. The number of primary amides is 1. The zero-order chi connectivity index (χ0) is 16.7. The van der Waals surface area contributed by atoms with Crippen molar-refractivity contribution in [2.45, 2.75) is 6.29 Å². The molecule has 1 amide bonds. The summed E-state index contributed by atoms with van der Waals surface area (Å²) in [6, 6.07) is 9.74. The minimum absolute atomic E-state index is 0.291. The normalized spacial score (nSPS) is 15.2. The molecule has 1 saturated heterocycles. The highest BCUT2D eigenvalue weighted by molar-refractivity contribution is 6.04. The summed E-state index contributed by atoms with van der Waals surface area (Å²) in [5.41, 5.74) is 7.59. The van der Waals surface area contributed by atoms with Crippen molar-refractivity contribution in [3.63, 3.8) is 0 Å². The van der Waals surface area contributed by atoms with Gasteiger partial charge in [0.1, 0.15) is 17.2 Å². The molecular formula is C17H14FN3O3. The van der Waals surface area contributed by atoms with E-state index in [2.05, 4.69) is 9.97 Å². The molecule has 0 radical (unpaired) electrons. The highest BCUT2D eigenvalue weighted by Crippen LogP contribution is 2.29. The van der Waals surface area contributed by atoms with Gasteiger partial charge in [-0.25, -0.2) is 9.37 Å². The zero-order valence-electron chi connectivity index (χ0n) is 12.6. The number of nitrogens with one attached hydrogen (secondary N) is 1. The lowest BCUT2D eigenvalue weighted by Crippen LogP contribution is -2.11. The molecule has 7 heteroatoms. The lowest BCUT2D eigenvalue weighted by Gasteiger charge is -2.10. The highest BCUT2D eigenvalue weighted by atomic mass is 19.1. The van der Waals surface area contributed by atoms with Gasteiger partial charge in [-0.05, 0) is 24.3 Å². The quantitative estimate of drug-likeness (QED) is 0.773. The van der Waals surface area contributed by atoms with Gasteiger partial charge in [0.25, 0.3) is 5.91 Å². The first-order valence-corrected chi connectivity index (χ1v) is 7.45. The number of hydrogen-bond donors (Lipinski definition) is 2. The average Bonchev–Trinajstić information content (AvgIpc) is 3.23. The van der Waals surface area contributed by atoms with Crippen LogP contribution in [0.5, 0.6) is 0 Å². The molecule has 24 heavy (non-hydrogen) atoms. The zero-order valence-corrected chi connectivity index (χ0v) is 12.6. The maximum atomic E-state index is 14.5. The van der Waals surface area contributed by atoms with Gasteiger partial charge in [0.15, 0.2) is 6.29 Å². The third-order valence-electron chi connectivity index (χ3n) is 3.92. The van der Waals surface area contributed by atoms with Gasteiger partial charge < -0.3 is 20.2 Å². The van der Waals surface area contributed by atoms with Gasteiger partial charge in [-0.3, -0.25) is 4.79 Å². The minimum atomic E-state index is -0.579. The van der Waals surface area contributed by atoms with E-state index in [1.807, 2.05) is 0 Å². The van der Waals surface area contributed by atoms with Crippen LogP contribution < -0.4 is 5.73 Å². The average molecular weight is 327 g/mol. The third kappa shape index (κ3) is 2.44. The predicted molar refractivity (Wildman–Crippen MR) is 84.7 cm³/mol. The van der Waals surface area contributed by atoms with Crippen LogP contribution in [-0.2, 0) is 9.47 Å². The Hall–Kier alpha value is -2.77. The number of fused-ring (bicyclic) bond motifs is 1. The van der Waals surface area contributed by atoms with E-state index < -0.39 is 18.0 Å². The van der Waals surface area contributed by atoms with E-state index in [4.69, 9.17) is 15.2 Å². The molecule has 1 aliphatic heterocycles. The molecule has 3 N–H and O–H groups in total. The van der Waals surface area contributed by atoms with Gasteiger partial charge in [-0.2, -0.15) is 0 Å². The molecule has 2 heterocycles. The minimum Gasteiger partial charge on any atom is -0.366 e. The summed E-state index contributed by atoms with van der Waals surface area (Å²) < 4.78 is 25.2. The number of aromatic amines is 1. The number of hydrogen-bond acceptors (Lipinski definition) is 4. The van der Waals surface area contributed by atoms with Crippen LogP contribution in [0.15, 0.2) is 36.4 Å². The summed E-state index contributed by atoms with van der Waals surface area (Å²) in [7, 11) is 0. The van der Waals surface area contributed by atoms with Crippen LogP contribution in [0.1, 0.15) is 22.2 Å². The van der Waals surface area contributed by atoms with Crippen LogP contribution >= 0.6 is 0 Å². The number of aromatic nitrogens is 2. The topological polar surface area (TPSA) is 90.2 Å². The molecule has 1 aliphatic rings. The van der Waals surface area contributed by atoms with Crippen molar-refractivity contribution < 1.29 is 18.7 Å². The van der Waals surface area contributed by atoms with Gasteiger partial charge >= 0.3 is 0 Å². The van der Waals surface area contributed by atoms with Crippen molar-refractivity contribution in [1.82, 2.24) is 9.97 Å². The molecule has 1 aromatic heterocycles. The van der Waals surface area contributed by atoms with E-state index in [1.165, 1.54) is 6.07 Å². The number of H-pyrrole nitrogens is 1. The molecule has 4 rings (SSSR count). The largest absolute Gasteiger partial charge is 0.366 e. The number of carbonyl (C=O) groups is 1. The number of amides is 1. The van der Waals surface area contributed by atoms with Crippen LogP contribution in [0, 0.1) is 5.82 Å². The highest BCUT2D eigenvalue weighted by Gasteiger charge is 2.21. The third-order valence-corrected chi connectivity index (χ3v) is 3.92. The van der Waals surface area contributed by atoms with E-state index in [9.17, 15) is 9.18 Å². The Kier molecular flexibility index (Phi) is 3.51. The number of imidazole rings is 1. The Bertz CT molecular complexity index is 932. The van der Waals surface area contributed by atoms with Crippen molar-refractivity contribution in [1.29, 1.82) is 0 Å². The van der Waals surface area contributed by atoms with Crippen molar-refractivity contribution in [2.24, 2.45) is 5.73 Å². The summed E-state index contributed by atoms with van der Waals surface area (Å²) in [5.74, 6) is -0.702. The maximum absolute atomic E-state index is 14.5. The van der Waals surface area contributed by atoms with Crippen molar-refractivity contribution >= 4 is 16.9 Å². The summed E-state index contributed by atoms with van der Waals surface area (Å²) in [6.45, 7) is 0.987. The SMILES string of the molecule is NC(=O)c1cccc2[nH]c(-c3ccc(C4OCCO4)cc3F)nc12. The van der Waals surface area contributed by atoms with Crippen molar-refractivity contribution in [3.8, 4) is 11.4 Å².